The Balaban J connectivity index is 1.78. The van der Waals surface area contributed by atoms with Crippen molar-refractivity contribution < 1.29 is 4.52 Å². The first-order chi connectivity index (χ1) is 12.6. The summed E-state index contributed by atoms with van der Waals surface area (Å²) in [4.78, 5) is 16.5. The van der Waals surface area contributed by atoms with Gasteiger partial charge in [-0.15, -0.1) is 0 Å². The van der Waals surface area contributed by atoms with E-state index in [0.29, 0.717) is 16.4 Å². The van der Waals surface area contributed by atoms with Gasteiger partial charge in [0.05, 0.1) is 10.7 Å². The summed E-state index contributed by atoms with van der Waals surface area (Å²) in [5, 5.41) is 8.75. The fourth-order valence-corrected chi connectivity index (χ4v) is 3.00. The van der Waals surface area contributed by atoms with Crippen molar-refractivity contribution >= 4 is 27.5 Å². The van der Waals surface area contributed by atoms with Crippen LogP contribution < -0.4 is 5.43 Å². The third-order valence-electron chi connectivity index (χ3n) is 3.62. The van der Waals surface area contributed by atoms with Crippen molar-refractivity contribution in [1.82, 2.24) is 19.9 Å². The molecule has 0 saturated carbocycles. The Morgan fingerprint density at radius 2 is 1.92 bits per heavy atom. The van der Waals surface area contributed by atoms with Crippen LogP contribution in [-0.4, -0.2) is 19.9 Å². The number of halogens is 2. The zero-order valence-electron chi connectivity index (χ0n) is 13.1. The molecule has 0 spiro atoms. The molecule has 0 aliphatic heterocycles. The summed E-state index contributed by atoms with van der Waals surface area (Å²) in [6.45, 7) is 0. The lowest BCUT2D eigenvalue weighted by molar-refractivity contribution is 0.429. The quantitative estimate of drug-likeness (QED) is 0.483. The van der Waals surface area contributed by atoms with Gasteiger partial charge in [-0.2, -0.15) is 10.1 Å². The standard InChI is InChI=1S/C18H10BrClN4O2/c19-11-4-3-5-12(10-11)24-9-8-15(25)16(22-24)18-21-17(23-26-18)13-6-1-2-7-14(13)20/h1-10H. The lowest BCUT2D eigenvalue weighted by atomic mass is 10.2. The van der Waals surface area contributed by atoms with Crippen LogP contribution in [0.2, 0.25) is 5.02 Å². The van der Waals surface area contributed by atoms with Crippen LogP contribution in [0.3, 0.4) is 0 Å². The summed E-state index contributed by atoms with van der Waals surface area (Å²) >= 11 is 9.57. The second-order valence-corrected chi connectivity index (χ2v) is 6.68. The van der Waals surface area contributed by atoms with Crippen LogP contribution >= 0.6 is 27.5 Å². The van der Waals surface area contributed by atoms with Gasteiger partial charge in [-0.1, -0.05) is 50.9 Å². The van der Waals surface area contributed by atoms with Gasteiger partial charge in [0.1, 0.15) is 0 Å². The minimum Gasteiger partial charge on any atom is -0.332 e. The van der Waals surface area contributed by atoms with Crippen molar-refractivity contribution in [2.24, 2.45) is 0 Å². The van der Waals surface area contributed by atoms with Crippen molar-refractivity contribution in [2.75, 3.05) is 0 Å². The van der Waals surface area contributed by atoms with E-state index in [1.54, 1.807) is 23.0 Å². The maximum Gasteiger partial charge on any atom is 0.282 e. The molecule has 0 saturated heterocycles. The third-order valence-corrected chi connectivity index (χ3v) is 4.45. The minimum absolute atomic E-state index is 0.0364. The van der Waals surface area contributed by atoms with Crippen molar-refractivity contribution in [1.29, 1.82) is 0 Å². The molecule has 0 unspecified atom stereocenters. The summed E-state index contributed by atoms with van der Waals surface area (Å²) in [7, 11) is 0. The predicted molar refractivity (Wildman–Crippen MR) is 101 cm³/mol. The van der Waals surface area contributed by atoms with E-state index in [1.807, 2.05) is 36.4 Å². The first kappa shape index (κ1) is 16.7. The third kappa shape index (κ3) is 3.18. The van der Waals surface area contributed by atoms with E-state index in [-0.39, 0.29) is 17.0 Å². The number of hydrogen-bond acceptors (Lipinski definition) is 5. The molecule has 0 atom stereocenters. The molecule has 2 aromatic heterocycles. The molecule has 0 amide bonds. The van der Waals surface area contributed by atoms with E-state index in [0.717, 1.165) is 10.2 Å². The van der Waals surface area contributed by atoms with Crippen LogP contribution in [0.25, 0.3) is 28.7 Å². The van der Waals surface area contributed by atoms with Gasteiger partial charge in [-0.3, -0.25) is 4.79 Å². The van der Waals surface area contributed by atoms with Crippen LogP contribution in [0.15, 0.2) is 74.6 Å². The van der Waals surface area contributed by atoms with Crippen LogP contribution in [0, 0.1) is 0 Å². The average Bonchev–Trinajstić information content (AvgIpc) is 3.12. The average molecular weight is 430 g/mol. The molecule has 0 aliphatic rings. The van der Waals surface area contributed by atoms with E-state index >= 15 is 0 Å². The number of aromatic nitrogens is 4. The van der Waals surface area contributed by atoms with E-state index in [1.165, 1.54) is 6.07 Å². The molecule has 0 N–H and O–H groups in total. The minimum atomic E-state index is -0.314. The molecule has 4 aromatic rings. The number of hydrogen-bond donors (Lipinski definition) is 0. The highest BCUT2D eigenvalue weighted by atomic mass is 79.9. The van der Waals surface area contributed by atoms with Crippen LogP contribution in [-0.2, 0) is 0 Å². The van der Waals surface area contributed by atoms with Gasteiger partial charge >= 0.3 is 0 Å². The van der Waals surface area contributed by atoms with Crippen molar-refractivity contribution in [2.45, 2.75) is 0 Å². The first-order valence-corrected chi connectivity index (χ1v) is 8.74. The van der Waals surface area contributed by atoms with E-state index < -0.39 is 0 Å². The molecular formula is C18H10BrClN4O2. The summed E-state index contributed by atoms with van der Waals surface area (Å²) < 4.78 is 7.72. The lowest BCUT2D eigenvalue weighted by Crippen LogP contribution is -2.12. The van der Waals surface area contributed by atoms with Gasteiger partial charge in [0.25, 0.3) is 5.89 Å². The van der Waals surface area contributed by atoms with Gasteiger partial charge in [-0.25, -0.2) is 4.68 Å². The van der Waals surface area contributed by atoms with Crippen molar-refractivity contribution in [3.63, 3.8) is 0 Å². The molecule has 26 heavy (non-hydrogen) atoms. The SMILES string of the molecule is O=c1ccn(-c2cccc(Br)c2)nc1-c1nc(-c2ccccc2Cl)no1. The molecular weight excluding hydrogens is 420 g/mol. The van der Waals surface area contributed by atoms with Gasteiger partial charge in [0, 0.05) is 22.3 Å². The van der Waals surface area contributed by atoms with Crippen molar-refractivity contribution in [3.05, 3.63) is 80.5 Å². The fourth-order valence-electron chi connectivity index (χ4n) is 2.39. The Hall–Kier alpha value is -2.77. The lowest BCUT2D eigenvalue weighted by Gasteiger charge is -2.06. The number of benzene rings is 2. The Morgan fingerprint density at radius 1 is 1.08 bits per heavy atom. The smallest absolute Gasteiger partial charge is 0.282 e. The Morgan fingerprint density at radius 3 is 2.73 bits per heavy atom. The highest BCUT2D eigenvalue weighted by molar-refractivity contribution is 9.10. The fraction of sp³-hybridized carbons (Fsp3) is 0. The largest absolute Gasteiger partial charge is 0.332 e. The molecule has 0 radical (unpaired) electrons. The first-order valence-electron chi connectivity index (χ1n) is 7.57. The van der Waals surface area contributed by atoms with Crippen LogP contribution in [0.4, 0.5) is 0 Å². The number of nitrogens with zero attached hydrogens (tertiary/aromatic N) is 4. The second kappa shape index (κ2) is 6.86. The zero-order chi connectivity index (χ0) is 18.1. The molecule has 0 fully saturated rings. The highest BCUT2D eigenvalue weighted by Gasteiger charge is 2.17. The topological polar surface area (TPSA) is 73.8 Å². The summed E-state index contributed by atoms with van der Waals surface area (Å²) in [6, 6.07) is 16.1. The maximum absolute atomic E-state index is 12.2. The van der Waals surface area contributed by atoms with Gasteiger partial charge in [0.15, 0.2) is 5.69 Å². The molecule has 2 heterocycles. The maximum atomic E-state index is 12.2. The Labute approximate surface area is 161 Å². The molecule has 6 nitrogen and oxygen atoms in total. The van der Waals surface area contributed by atoms with Crippen LogP contribution in [0.5, 0.6) is 0 Å². The van der Waals surface area contributed by atoms with Crippen molar-refractivity contribution in [3.8, 4) is 28.7 Å². The highest BCUT2D eigenvalue weighted by Crippen LogP contribution is 2.26. The van der Waals surface area contributed by atoms with E-state index in [2.05, 4.69) is 31.2 Å². The molecule has 128 valence electrons. The summed E-state index contributed by atoms with van der Waals surface area (Å²) in [5.74, 6) is 0.332. The summed E-state index contributed by atoms with van der Waals surface area (Å²) in [5.41, 5.74) is 1.16. The molecule has 4 rings (SSSR count). The normalized spacial score (nSPS) is 10.8. The predicted octanol–water partition coefficient (Wildman–Crippen LogP) is 4.37. The number of rotatable bonds is 3. The summed E-state index contributed by atoms with van der Waals surface area (Å²) in [6.07, 6.45) is 1.58. The molecule has 8 heteroatoms. The van der Waals surface area contributed by atoms with Gasteiger partial charge in [-0.05, 0) is 30.3 Å². The van der Waals surface area contributed by atoms with E-state index in [4.69, 9.17) is 16.1 Å². The van der Waals surface area contributed by atoms with Gasteiger partial charge < -0.3 is 4.52 Å². The molecule has 2 aromatic carbocycles. The molecule has 0 aliphatic carbocycles. The van der Waals surface area contributed by atoms with Gasteiger partial charge in [0.2, 0.25) is 11.3 Å². The Kier molecular flexibility index (Phi) is 4.40. The monoisotopic (exact) mass is 428 g/mol. The second-order valence-electron chi connectivity index (χ2n) is 5.36. The van der Waals surface area contributed by atoms with Crippen LogP contribution in [0.1, 0.15) is 0 Å². The Bertz CT molecular complexity index is 1160. The zero-order valence-corrected chi connectivity index (χ0v) is 15.5. The van der Waals surface area contributed by atoms with E-state index in [9.17, 15) is 4.79 Å². The molecule has 0 bridgehead atoms.